The van der Waals surface area contributed by atoms with E-state index in [0.717, 1.165) is 18.8 Å². The molecule has 0 amide bonds. The van der Waals surface area contributed by atoms with E-state index in [1.807, 2.05) is 0 Å². The van der Waals surface area contributed by atoms with E-state index in [0.29, 0.717) is 6.61 Å². The van der Waals surface area contributed by atoms with E-state index in [1.165, 1.54) is 48.8 Å². The van der Waals surface area contributed by atoms with Crippen LogP contribution in [0, 0.1) is 6.92 Å². The Hall–Kier alpha value is -1.80. The van der Waals surface area contributed by atoms with E-state index in [9.17, 15) is 0 Å². The third-order valence-electron chi connectivity index (χ3n) is 4.20. The minimum Gasteiger partial charge on any atom is -0.489 e. The van der Waals surface area contributed by atoms with Crippen LogP contribution in [0.4, 0.5) is 0 Å². The predicted octanol–water partition coefficient (Wildman–Crippen LogP) is 5.63. The topological polar surface area (TPSA) is 21.3 Å². The van der Waals surface area contributed by atoms with Crippen molar-refractivity contribution in [3.05, 3.63) is 65.2 Å². The Morgan fingerprint density at radius 2 is 1.67 bits per heavy atom. The summed E-state index contributed by atoms with van der Waals surface area (Å²) in [5.41, 5.74) is 3.79. The fourth-order valence-corrected chi connectivity index (χ4v) is 2.76. The Morgan fingerprint density at radius 1 is 0.875 bits per heavy atom. The summed E-state index contributed by atoms with van der Waals surface area (Å²) >= 11 is 0. The van der Waals surface area contributed by atoms with E-state index in [1.54, 1.807) is 0 Å². The van der Waals surface area contributed by atoms with Crippen LogP contribution in [-0.4, -0.2) is 6.54 Å². The number of hydrogen-bond acceptors (Lipinski definition) is 2. The molecule has 2 nitrogen and oxygen atoms in total. The van der Waals surface area contributed by atoms with E-state index < -0.39 is 0 Å². The largest absolute Gasteiger partial charge is 0.489 e. The Kier molecular flexibility index (Phi) is 8.40. The standard InChI is InChI=1S/C22H31NO/c1-3-4-5-6-7-15-23-17-20-11-13-22(14-12-20)24-18-21-10-8-9-19(2)16-21/h8-14,16,23H,3-7,15,17-18H2,1-2H3. The van der Waals surface area contributed by atoms with Crippen LogP contribution < -0.4 is 10.1 Å². The normalized spacial score (nSPS) is 10.8. The molecular weight excluding hydrogens is 294 g/mol. The summed E-state index contributed by atoms with van der Waals surface area (Å²) in [6.07, 6.45) is 6.66. The molecule has 0 atom stereocenters. The first-order chi connectivity index (χ1) is 11.8. The highest BCUT2D eigenvalue weighted by Gasteiger charge is 1.98. The molecule has 0 fully saturated rings. The lowest BCUT2D eigenvalue weighted by Crippen LogP contribution is -2.14. The van der Waals surface area contributed by atoms with Gasteiger partial charge in [-0.05, 0) is 43.1 Å². The first-order valence-electron chi connectivity index (χ1n) is 9.26. The van der Waals surface area contributed by atoms with Gasteiger partial charge in [0.15, 0.2) is 0 Å². The molecule has 0 spiro atoms. The van der Waals surface area contributed by atoms with E-state index in [4.69, 9.17) is 4.74 Å². The maximum absolute atomic E-state index is 5.86. The highest BCUT2D eigenvalue weighted by Crippen LogP contribution is 2.15. The second-order valence-corrected chi connectivity index (χ2v) is 6.51. The molecule has 0 aliphatic heterocycles. The summed E-state index contributed by atoms with van der Waals surface area (Å²) in [5, 5.41) is 3.52. The number of nitrogens with one attached hydrogen (secondary N) is 1. The number of hydrogen-bond donors (Lipinski definition) is 1. The van der Waals surface area contributed by atoms with Gasteiger partial charge in [-0.15, -0.1) is 0 Å². The molecule has 0 radical (unpaired) electrons. The van der Waals surface area contributed by atoms with Gasteiger partial charge in [0.05, 0.1) is 0 Å². The lowest BCUT2D eigenvalue weighted by Gasteiger charge is -2.09. The third-order valence-corrected chi connectivity index (χ3v) is 4.20. The Labute approximate surface area is 147 Å². The molecule has 0 saturated carbocycles. The summed E-state index contributed by atoms with van der Waals surface area (Å²) in [6.45, 7) is 7.03. The minimum absolute atomic E-state index is 0.622. The number of benzene rings is 2. The number of unbranched alkanes of at least 4 members (excludes halogenated alkanes) is 4. The van der Waals surface area contributed by atoms with Crippen LogP contribution in [0.1, 0.15) is 55.7 Å². The van der Waals surface area contributed by atoms with Gasteiger partial charge in [-0.1, -0.05) is 74.6 Å². The van der Waals surface area contributed by atoms with Crippen molar-refractivity contribution in [3.63, 3.8) is 0 Å². The fraction of sp³-hybridized carbons (Fsp3) is 0.455. The summed E-state index contributed by atoms with van der Waals surface area (Å²) in [5.74, 6) is 0.930. The fourth-order valence-electron chi connectivity index (χ4n) is 2.76. The first kappa shape index (κ1) is 18.5. The molecule has 0 aliphatic rings. The molecule has 2 heteroatoms. The van der Waals surface area contributed by atoms with Crippen molar-refractivity contribution >= 4 is 0 Å². The van der Waals surface area contributed by atoms with Gasteiger partial charge in [-0.3, -0.25) is 0 Å². The average molecular weight is 325 g/mol. The maximum atomic E-state index is 5.86. The van der Waals surface area contributed by atoms with Crippen LogP contribution in [0.3, 0.4) is 0 Å². The van der Waals surface area contributed by atoms with Crippen LogP contribution >= 0.6 is 0 Å². The van der Waals surface area contributed by atoms with Gasteiger partial charge in [0, 0.05) is 6.54 Å². The van der Waals surface area contributed by atoms with E-state index in [-0.39, 0.29) is 0 Å². The minimum atomic E-state index is 0.622. The van der Waals surface area contributed by atoms with Crippen molar-refractivity contribution in [1.29, 1.82) is 0 Å². The second-order valence-electron chi connectivity index (χ2n) is 6.51. The number of aryl methyl sites for hydroxylation is 1. The molecule has 0 bridgehead atoms. The van der Waals surface area contributed by atoms with E-state index >= 15 is 0 Å². The van der Waals surface area contributed by atoms with Crippen LogP contribution in [0.15, 0.2) is 48.5 Å². The lowest BCUT2D eigenvalue weighted by atomic mass is 10.1. The van der Waals surface area contributed by atoms with Crippen molar-refractivity contribution in [3.8, 4) is 5.75 Å². The van der Waals surface area contributed by atoms with Gasteiger partial charge in [0.1, 0.15) is 12.4 Å². The molecular formula is C22H31NO. The second kappa shape index (κ2) is 10.9. The SMILES string of the molecule is CCCCCCCNCc1ccc(OCc2cccc(C)c2)cc1. The van der Waals surface area contributed by atoms with Crippen LogP contribution in [-0.2, 0) is 13.2 Å². The van der Waals surface area contributed by atoms with Gasteiger partial charge in [-0.25, -0.2) is 0 Å². The Balaban J connectivity index is 1.65. The van der Waals surface area contributed by atoms with Gasteiger partial charge in [0.2, 0.25) is 0 Å². The summed E-state index contributed by atoms with van der Waals surface area (Å²) in [7, 11) is 0. The third kappa shape index (κ3) is 7.18. The molecule has 0 aliphatic carbocycles. The van der Waals surface area contributed by atoms with Gasteiger partial charge >= 0.3 is 0 Å². The molecule has 0 saturated heterocycles. The monoisotopic (exact) mass is 325 g/mol. The molecule has 2 aromatic carbocycles. The van der Waals surface area contributed by atoms with Crippen molar-refractivity contribution < 1.29 is 4.74 Å². The molecule has 0 aromatic heterocycles. The zero-order valence-corrected chi connectivity index (χ0v) is 15.2. The summed E-state index contributed by atoms with van der Waals surface area (Å²) < 4.78 is 5.86. The summed E-state index contributed by atoms with van der Waals surface area (Å²) in [4.78, 5) is 0. The first-order valence-corrected chi connectivity index (χ1v) is 9.26. The molecule has 130 valence electrons. The molecule has 2 rings (SSSR count). The molecule has 2 aromatic rings. The zero-order chi connectivity index (χ0) is 17.0. The van der Waals surface area contributed by atoms with Gasteiger partial charge < -0.3 is 10.1 Å². The summed E-state index contributed by atoms with van der Waals surface area (Å²) in [6, 6.07) is 16.9. The molecule has 24 heavy (non-hydrogen) atoms. The molecule has 0 heterocycles. The Morgan fingerprint density at radius 3 is 2.42 bits per heavy atom. The highest BCUT2D eigenvalue weighted by molar-refractivity contribution is 5.28. The van der Waals surface area contributed by atoms with Crippen LogP contribution in [0.25, 0.3) is 0 Å². The molecule has 1 N–H and O–H groups in total. The van der Waals surface area contributed by atoms with Crippen molar-refractivity contribution in [2.45, 2.75) is 59.1 Å². The van der Waals surface area contributed by atoms with Gasteiger partial charge in [-0.2, -0.15) is 0 Å². The molecule has 0 unspecified atom stereocenters. The van der Waals surface area contributed by atoms with E-state index in [2.05, 4.69) is 67.7 Å². The maximum Gasteiger partial charge on any atom is 0.119 e. The van der Waals surface area contributed by atoms with Crippen LogP contribution in [0.5, 0.6) is 5.75 Å². The number of rotatable bonds is 11. The predicted molar refractivity (Wildman–Crippen MR) is 102 cm³/mol. The Bertz CT molecular complexity index is 577. The smallest absolute Gasteiger partial charge is 0.119 e. The van der Waals surface area contributed by atoms with Crippen molar-refractivity contribution in [2.24, 2.45) is 0 Å². The van der Waals surface area contributed by atoms with Crippen molar-refractivity contribution in [2.75, 3.05) is 6.54 Å². The number of ether oxygens (including phenoxy) is 1. The van der Waals surface area contributed by atoms with Gasteiger partial charge in [0.25, 0.3) is 0 Å². The average Bonchev–Trinajstić information content (AvgIpc) is 2.60. The van der Waals surface area contributed by atoms with Crippen molar-refractivity contribution in [1.82, 2.24) is 5.32 Å². The lowest BCUT2D eigenvalue weighted by molar-refractivity contribution is 0.306. The van der Waals surface area contributed by atoms with Crippen LogP contribution in [0.2, 0.25) is 0 Å². The quantitative estimate of drug-likeness (QED) is 0.540. The zero-order valence-electron chi connectivity index (χ0n) is 15.2. The highest BCUT2D eigenvalue weighted by atomic mass is 16.5.